The zero-order valence-electron chi connectivity index (χ0n) is 11.0. The van der Waals surface area contributed by atoms with Crippen LogP contribution in [0, 0.1) is 24.4 Å². The van der Waals surface area contributed by atoms with Crippen molar-refractivity contribution < 1.29 is 13.2 Å². The average Bonchev–Trinajstić information content (AvgIpc) is 2.37. The van der Waals surface area contributed by atoms with Crippen LogP contribution in [0.1, 0.15) is 22.7 Å². The summed E-state index contributed by atoms with van der Waals surface area (Å²) in [7, 11) is 1.58. The van der Waals surface area contributed by atoms with Crippen molar-refractivity contribution in [2.45, 2.75) is 13.0 Å². The Morgan fingerprint density at radius 1 is 1.10 bits per heavy atom. The van der Waals surface area contributed by atoms with Crippen LogP contribution in [-0.2, 0) is 0 Å². The molecule has 0 radical (unpaired) electrons. The molecule has 0 bridgehead atoms. The van der Waals surface area contributed by atoms with Crippen molar-refractivity contribution in [3.05, 3.63) is 69.5 Å². The molecule has 5 heteroatoms. The summed E-state index contributed by atoms with van der Waals surface area (Å²) >= 11 is 6.03. The largest absolute Gasteiger partial charge is 0.309 e. The van der Waals surface area contributed by atoms with Gasteiger partial charge < -0.3 is 5.32 Å². The van der Waals surface area contributed by atoms with Gasteiger partial charge in [0.1, 0.15) is 17.5 Å². The molecule has 0 aliphatic carbocycles. The molecule has 0 amide bonds. The quantitative estimate of drug-likeness (QED) is 0.887. The van der Waals surface area contributed by atoms with Gasteiger partial charge in [-0.05, 0) is 31.2 Å². The number of hydrogen-bond acceptors (Lipinski definition) is 1. The molecule has 1 atom stereocenters. The molecule has 0 fully saturated rings. The fraction of sp³-hybridized carbons (Fsp3) is 0.200. The Balaban J connectivity index is 2.62. The summed E-state index contributed by atoms with van der Waals surface area (Å²) in [4.78, 5) is 0. The van der Waals surface area contributed by atoms with Crippen LogP contribution in [0.2, 0.25) is 5.02 Å². The van der Waals surface area contributed by atoms with Crippen molar-refractivity contribution >= 4 is 11.6 Å². The zero-order chi connectivity index (χ0) is 14.9. The van der Waals surface area contributed by atoms with E-state index in [0.717, 1.165) is 5.56 Å². The summed E-state index contributed by atoms with van der Waals surface area (Å²) in [5, 5.41) is 3.35. The lowest BCUT2D eigenvalue weighted by molar-refractivity contribution is 0.499. The van der Waals surface area contributed by atoms with E-state index < -0.39 is 23.5 Å². The zero-order valence-corrected chi connectivity index (χ0v) is 11.7. The van der Waals surface area contributed by atoms with Crippen LogP contribution in [0.5, 0.6) is 0 Å². The van der Waals surface area contributed by atoms with Gasteiger partial charge in [-0.25, -0.2) is 13.2 Å². The van der Waals surface area contributed by atoms with E-state index in [9.17, 15) is 13.2 Å². The Labute approximate surface area is 120 Å². The molecule has 2 rings (SSSR count). The molecule has 0 saturated heterocycles. The Morgan fingerprint density at radius 3 is 2.25 bits per heavy atom. The molecule has 0 heterocycles. The van der Waals surface area contributed by atoms with Crippen molar-refractivity contribution in [2.75, 3.05) is 7.05 Å². The molecule has 106 valence electrons. The monoisotopic (exact) mass is 299 g/mol. The first-order valence-electron chi connectivity index (χ1n) is 6.02. The number of benzene rings is 2. The fourth-order valence-corrected chi connectivity index (χ4v) is 2.40. The molecule has 0 spiro atoms. The number of rotatable bonds is 3. The summed E-state index contributed by atoms with van der Waals surface area (Å²) in [6, 6.07) is 5.73. The third-order valence-corrected chi connectivity index (χ3v) is 3.65. The van der Waals surface area contributed by atoms with E-state index in [1.165, 1.54) is 0 Å². The maximum Gasteiger partial charge on any atom is 0.134 e. The maximum absolute atomic E-state index is 13.9. The van der Waals surface area contributed by atoms with Gasteiger partial charge in [0, 0.05) is 22.7 Å². The molecule has 0 aliphatic heterocycles. The highest BCUT2D eigenvalue weighted by atomic mass is 35.5. The molecular formula is C15H13ClF3N. The van der Waals surface area contributed by atoms with Crippen LogP contribution < -0.4 is 5.32 Å². The maximum atomic E-state index is 13.9. The number of hydrogen-bond donors (Lipinski definition) is 1. The minimum absolute atomic E-state index is 0.223. The lowest BCUT2D eigenvalue weighted by atomic mass is 9.94. The Morgan fingerprint density at radius 2 is 1.70 bits per heavy atom. The van der Waals surface area contributed by atoms with Gasteiger partial charge in [0.15, 0.2) is 0 Å². The van der Waals surface area contributed by atoms with E-state index in [0.29, 0.717) is 22.7 Å². The molecule has 0 aliphatic rings. The number of halogens is 4. The lowest BCUT2D eigenvalue weighted by Crippen LogP contribution is -2.21. The normalized spacial score (nSPS) is 12.5. The molecular weight excluding hydrogens is 287 g/mol. The fourth-order valence-electron chi connectivity index (χ4n) is 2.22. The molecule has 20 heavy (non-hydrogen) atoms. The van der Waals surface area contributed by atoms with Crippen LogP contribution in [-0.4, -0.2) is 7.05 Å². The second-order valence-corrected chi connectivity index (χ2v) is 4.87. The predicted molar refractivity (Wildman–Crippen MR) is 73.4 cm³/mol. The van der Waals surface area contributed by atoms with E-state index >= 15 is 0 Å². The second-order valence-electron chi connectivity index (χ2n) is 4.46. The first kappa shape index (κ1) is 14.9. The summed E-state index contributed by atoms with van der Waals surface area (Å²) in [6.45, 7) is 1.77. The van der Waals surface area contributed by atoms with Gasteiger partial charge in [-0.1, -0.05) is 23.7 Å². The minimum atomic E-state index is -0.943. The summed E-state index contributed by atoms with van der Waals surface area (Å²) in [6.07, 6.45) is 0. The van der Waals surface area contributed by atoms with Crippen LogP contribution in [0.4, 0.5) is 13.2 Å². The minimum Gasteiger partial charge on any atom is -0.309 e. The highest BCUT2D eigenvalue weighted by Crippen LogP contribution is 2.31. The number of nitrogens with one attached hydrogen (secondary N) is 1. The third-order valence-electron chi connectivity index (χ3n) is 3.24. The second kappa shape index (κ2) is 5.85. The van der Waals surface area contributed by atoms with Gasteiger partial charge >= 0.3 is 0 Å². The first-order valence-corrected chi connectivity index (χ1v) is 6.40. The molecule has 2 aromatic carbocycles. The Hall–Kier alpha value is -1.52. The van der Waals surface area contributed by atoms with Gasteiger partial charge in [-0.2, -0.15) is 0 Å². The van der Waals surface area contributed by atoms with Crippen molar-refractivity contribution in [1.82, 2.24) is 5.32 Å². The molecule has 1 N–H and O–H groups in total. The summed E-state index contributed by atoms with van der Waals surface area (Å²) < 4.78 is 40.8. The molecule has 2 aromatic rings. The van der Waals surface area contributed by atoms with Crippen LogP contribution in [0.3, 0.4) is 0 Å². The smallest absolute Gasteiger partial charge is 0.134 e. The van der Waals surface area contributed by atoms with Gasteiger partial charge in [0.25, 0.3) is 0 Å². The van der Waals surface area contributed by atoms with Gasteiger partial charge in [-0.15, -0.1) is 0 Å². The van der Waals surface area contributed by atoms with Crippen molar-refractivity contribution in [1.29, 1.82) is 0 Å². The first-order chi connectivity index (χ1) is 9.45. The third kappa shape index (κ3) is 2.67. The highest BCUT2D eigenvalue weighted by Gasteiger charge is 2.23. The molecule has 1 unspecified atom stereocenters. The Kier molecular flexibility index (Phi) is 4.35. The van der Waals surface area contributed by atoms with E-state index in [1.807, 2.05) is 0 Å². The predicted octanol–water partition coefficient (Wildman–Crippen LogP) is 4.37. The molecule has 0 saturated carbocycles. The van der Waals surface area contributed by atoms with Crippen molar-refractivity contribution in [3.63, 3.8) is 0 Å². The van der Waals surface area contributed by atoms with E-state index in [-0.39, 0.29) is 5.56 Å². The molecule has 0 aromatic heterocycles. The van der Waals surface area contributed by atoms with Crippen LogP contribution in [0.15, 0.2) is 30.3 Å². The molecule has 1 nitrogen and oxygen atoms in total. The summed E-state index contributed by atoms with van der Waals surface area (Å²) in [5.41, 5.74) is 1.14. The van der Waals surface area contributed by atoms with Gasteiger partial charge in [0.05, 0.1) is 6.04 Å². The van der Waals surface area contributed by atoms with E-state index in [4.69, 9.17) is 11.6 Å². The van der Waals surface area contributed by atoms with Crippen molar-refractivity contribution in [3.8, 4) is 0 Å². The SMILES string of the molecule is CNC(c1cccc(Cl)c1C)c1c(F)cc(F)cc1F. The lowest BCUT2D eigenvalue weighted by Gasteiger charge is -2.21. The average molecular weight is 300 g/mol. The van der Waals surface area contributed by atoms with Gasteiger partial charge in [-0.3, -0.25) is 0 Å². The van der Waals surface area contributed by atoms with E-state index in [2.05, 4.69) is 5.32 Å². The van der Waals surface area contributed by atoms with Crippen molar-refractivity contribution in [2.24, 2.45) is 0 Å². The van der Waals surface area contributed by atoms with E-state index in [1.54, 1.807) is 32.2 Å². The van der Waals surface area contributed by atoms with Crippen LogP contribution >= 0.6 is 11.6 Å². The van der Waals surface area contributed by atoms with Gasteiger partial charge in [0.2, 0.25) is 0 Å². The van der Waals surface area contributed by atoms with Crippen LogP contribution in [0.25, 0.3) is 0 Å². The Bertz CT molecular complexity index is 620. The summed E-state index contributed by atoms with van der Waals surface area (Å²) in [5.74, 6) is -2.80. The standard InChI is InChI=1S/C15H13ClF3N/c1-8-10(4-3-5-11(8)16)15(20-2)14-12(18)6-9(17)7-13(14)19/h3-7,15,20H,1-2H3. The highest BCUT2D eigenvalue weighted by molar-refractivity contribution is 6.31. The topological polar surface area (TPSA) is 12.0 Å².